The summed E-state index contributed by atoms with van der Waals surface area (Å²) in [5, 5.41) is 11.4. The number of carboxylic acid groups (broad SMARTS) is 1. The van der Waals surface area contributed by atoms with Gasteiger partial charge in [-0.2, -0.15) is 0 Å². The van der Waals surface area contributed by atoms with Crippen LogP contribution in [0.1, 0.15) is 26.2 Å². The zero-order valence-electron chi connectivity index (χ0n) is 11.1. The molecule has 1 atom stereocenters. The molecule has 3 amide bonds. The second-order valence-corrected chi connectivity index (χ2v) is 4.92. The van der Waals surface area contributed by atoms with Gasteiger partial charge in [0.05, 0.1) is 5.92 Å². The molecule has 0 spiro atoms. The van der Waals surface area contributed by atoms with Gasteiger partial charge in [0, 0.05) is 25.6 Å². The largest absolute Gasteiger partial charge is 0.481 e. The highest BCUT2D eigenvalue weighted by Gasteiger charge is 2.25. The normalized spacial score (nSPS) is 17.8. The molecular weight excluding hydrogens is 250 g/mol. The Morgan fingerprint density at radius 2 is 1.95 bits per heavy atom. The Balaban J connectivity index is 2.24. The molecule has 19 heavy (non-hydrogen) atoms. The van der Waals surface area contributed by atoms with Gasteiger partial charge in [-0.1, -0.05) is 6.92 Å². The average molecular weight is 271 g/mol. The molecule has 0 aromatic rings. The van der Waals surface area contributed by atoms with Crippen LogP contribution in [0.15, 0.2) is 0 Å². The van der Waals surface area contributed by atoms with Crippen LogP contribution in [-0.2, 0) is 9.59 Å². The number of piperidine rings is 1. The summed E-state index contributed by atoms with van der Waals surface area (Å²) in [5.74, 6) is -1.79. The first-order valence-electron chi connectivity index (χ1n) is 6.46. The number of nitrogens with two attached hydrogens (primary N) is 1. The first kappa shape index (κ1) is 15.3. The van der Waals surface area contributed by atoms with Gasteiger partial charge in [-0.05, 0) is 19.3 Å². The highest BCUT2D eigenvalue weighted by atomic mass is 16.4. The molecule has 0 bridgehead atoms. The molecule has 0 aliphatic carbocycles. The van der Waals surface area contributed by atoms with E-state index in [0.29, 0.717) is 38.9 Å². The minimum Gasteiger partial charge on any atom is -0.481 e. The van der Waals surface area contributed by atoms with Crippen LogP contribution in [0, 0.1) is 11.8 Å². The van der Waals surface area contributed by atoms with E-state index in [1.165, 1.54) is 0 Å². The van der Waals surface area contributed by atoms with Crippen molar-refractivity contribution < 1.29 is 19.5 Å². The van der Waals surface area contributed by atoms with E-state index in [4.69, 9.17) is 10.8 Å². The molecule has 7 heteroatoms. The lowest BCUT2D eigenvalue weighted by Crippen LogP contribution is -2.46. The Bertz CT molecular complexity index is 351. The van der Waals surface area contributed by atoms with Crippen LogP contribution in [0.3, 0.4) is 0 Å². The molecule has 108 valence electrons. The Morgan fingerprint density at radius 3 is 2.42 bits per heavy atom. The topological polar surface area (TPSA) is 113 Å². The predicted octanol–water partition coefficient (Wildman–Crippen LogP) is 0.00410. The summed E-state index contributed by atoms with van der Waals surface area (Å²) in [4.78, 5) is 35.0. The smallest absolute Gasteiger partial charge is 0.317 e. The fourth-order valence-corrected chi connectivity index (χ4v) is 2.00. The van der Waals surface area contributed by atoms with Crippen molar-refractivity contribution >= 4 is 17.9 Å². The summed E-state index contributed by atoms with van der Waals surface area (Å²) < 4.78 is 0. The zero-order chi connectivity index (χ0) is 14.4. The molecule has 0 radical (unpaired) electrons. The van der Waals surface area contributed by atoms with Crippen LogP contribution in [0.5, 0.6) is 0 Å². The molecule has 1 rings (SSSR count). The van der Waals surface area contributed by atoms with E-state index in [2.05, 4.69) is 5.32 Å². The number of amides is 3. The predicted molar refractivity (Wildman–Crippen MR) is 68.3 cm³/mol. The lowest BCUT2D eigenvalue weighted by molar-refractivity contribution is -0.141. The summed E-state index contributed by atoms with van der Waals surface area (Å²) >= 11 is 0. The third-order valence-electron chi connectivity index (χ3n) is 3.46. The Hall–Kier alpha value is -1.79. The number of aliphatic carboxylic acids is 1. The van der Waals surface area contributed by atoms with E-state index >= 15 is 0 Å². The maximum absolute atomic E-state index is 11.8. The van der Waals surface area contributed by atoms with Crippen molar-refractivity contribution in [2.45, 2.75) is 26.2 Å². The number of carbonyl (C=O) groups excluding carboxylic acids is 2. The maximum atomic E-state index is 11.8. The van der Waals surface area contributed by atoms with Gasteiger partial charge >= 0.3 is 12.0 Å². The van der Waals surface area contributed by atoms with Gasteiger partial charge in [-0.25, -0.2) is 4.79 Å². The number of nitrogens with zero attached hydrogens (tertiary/aromatic N) is 1. The van der Waals surface area contributed by atoms with E-state index in [1.807, 2.05) is 0 Å². The fraction of sp³-hybridized carbons (Fsp3) is 0.750. The quantitative estimate of drug-likeness (QED) is 0.653. The van der Waals surface area contributed by atoms with Crippen LogP contribution in [0.25, 0.3) is 0 Å². The maximum Gasteiger partial charge on any atom is 0.317 e. The van der Waals surface area contributed by atoms with E-state index < -0.39 is 11.9 Å². The van der Waals surface area contributed by atoms with Crippen LogP contribution < -0.4 is 11.1 Å². The van der Waals surface area contributed by atoms with Crippen molar-refractivity contribution in [1.29, 1.82) is 0 Å². The second-order valence-electron chi connectivity index (χ2n) is 4.92. The number of hydrogen-bond acceptors (Lipinski definition) is 3. The number of likely N-dealkylation sites (tertiary alicyclic amines) is 1. The van der Waals surface area contributed by atoms with Gasteiger partial charge in [-0.3, -0.25) is 9.59 Å². The Labute approximate surface area is 112 Å². The number of nitrogens with one attached hydrogen (secondary N) is 1. The summed E-state index contributed by atoms with van der Waals surface area (Å²) in [6.07, 6.45) is 1.58. The van der Waals surface area contributed by atoms with Crippen LogP contribution >= 0.6 is 0 Å². The van der Waals surface area contributed by atoms with Crippen molar-refractivity contribution in [3.05, 3.63) is 0 Å². The van der Waals surface area contributed by atoms with Crippen LogP contribution in [0.4, 0.5) is 4.79 Å². The van der Waals surface area contributed by atoms with Gasteiger partial charge in [-0.15, -0.1) is 0 Å². The lowest BCUT2D eigenvalue weighted by atomic mass is 9.96. The summed E-state index contributed by atoms with van der Waals surface area (Å²) in [7, 11) is 0. The minimum absolute atomic E-state index is 0.143. The van der Waals surface area contributed by atoms with E-state index in [9.17, 15) is 14.4 Å². The van der Waals surface area contributed by atoms with Crippen LogP contribution in [-0.4, -0.2) is 47.5 Å². The molecule has 4 N–H and O–H groups in total. The lowest BCUT2D eigenvalue weighted by Gasteiger charge is -2.30. The third-order valence-corrected chi connectivity index (χ3v) is 3.46. The number of rotatable bonds is 5. The molecule has 1 saturated heterocycles. The van der Waals surface area contributed by atoms with Crippen molar-refractivity contribution in [1.82, 2.24) is 10.2 Å². The van der Waals surface area contributed by atoms with E-state index in [1.54, 1.807) is 11.8 Å². The van der Waals surface area contributed by atoms with E-state index in [0.717, 1.165) is 0 Å². The van der Waals surface area contributed by atoms with Gasteiger partial charge < -0.3 is 21.1 Å². The number of carbonyl (C=O) groups is 3. The van der Waals surface area contributed by atoms with E-state index in [-0.39, 0.29) is 17.9 Å². The molecule has 1 heterocycles. The molecule has 1 fully saturated rings. The fourth-order valence-electron chi connectivity index (χ4n) is 2.00. The Morgan fingerprint density at radius 1 is 1.37 bits per heavy atom. The second kappa shape index (κ2) is 6.96. The highest BCUT2D eigenvalue weighted by molar-refractivity contribution is 5.78. The van der Waals surface area contributed by atoms with Crippen molar-refractivity contribution in [2.24, 2.45) is 17.6 Å². The van der Waals surface area contributed by atoms with Crippen molar-refractivity contribution in [2.75, 3.05) is 19.6 Å². The highest BCUT2D eigenvalue weighted by Crippen LogP contribution is 2.16. The standard InChI is InChI=1S/C12H21N3O4/c1-8(11(17)18)2-5-14-12(19)15-6-3-9(4-7-15)10(13)16/h8-9H,2-7H2,1H3,(H2,13,16)(H,14,19)(H,17,18). The molecule has 1 unspecified atom stereocenters. The molecule has 7 nitrogen and oxygen atoms in total. The van der Waals surface area contributed by atoms with Crippen molar-refractivity contribution in [3.63, 3.8) is 0 Å². The first-order chi connectivity index (χ1) is 8.91. The molecule has 0 aromatic carbocycles. The van der Waals surface area contributed by atoms with Gasteiger partial charge in [0.1, 0.15) is 0 Å². The number of hydrogen-bond donors (Lipinski definition) is 3. The molecule has 1 aliphatic heterocycles. The number of primary amides is 1. The summed E-state index contributed by atoms with van der Waals surface area (Å²) in [6, 6.07) is -0.208. The molecule has 0 aromatic heterocycles. The van der Waals surface area contributed by atoms with Gasteiger partial charge in [0.15, 0.2) is 0 Å². The summed E-state index contributed by atoms with van der Waals surface area (Å²) in [6.45, 7) is 2.96. The van der Waals surface area contributed by atoms with Crippen molar-refractivity contribution in [3.8, 4) is 0 Å². The molecule has 0 saturated carbocycles. The third kappa shape index (κ3) is 4.76. The number of urea groups is 1. The first-order valence-corrected chi connectivity index (χ1v) is 6.46. The SMILES string of the molecule is CC(CCNC(=O)N1CCC(C(N)=O)CC1)C(=O)O. The Kier molecular flexibility index (Phi) is 5.59. The molecule has 1 aliphatic rings. The van der Waals surface area contributed by atoms with Crippen LogP contribution in [0.2, 0.25) is 0 Å². The minimum atomic E-state index is -0.864. The average Bonchev–Trinajstić information content (AvgIpc) is 2.38. The molecular formula is C12H21N3O4. The van der Waals surface area contributed by atoms with Gasteiger partial charge in [0.25, 0.3) is 0 Å². The summed E-state index contributed by atoms with van der Waals surface area (Å²) in [5.41, 5.74) is 5.22. The number of carboxylic acids is 1. The zero-order valence-corrected chi connectivity index (χ0v) is 11.1. The van der Waals surface area contributed by atoms with Gasteiger partial charge in [0.2, 0.25) is 5.91 Å². The monoisotopic (exact) mass is 271 g/mol.